The third kappa shape index (κ3) is 7.16. The summed E-state index contributed by atoms with van der Waals surface area (Å²) in [5.74, 6) is -0.654. The molecule has 0 heterocycles. The lowest BCUT2D eigenvalue weighted by molar-refractivity contribution is -0.142. The van der Waals surface area contributed by atoms with E-state index in [1.165, 1.54) is 0 Å². The zero-order valence-electron chi connectivity index (χ0n) is 15.0. The number of halogens is 4. The van der Waals surface area contributed by atoms with Crippen molar-refractivity contribution in [2.75, 3.05) is 18.1 Å². The number of carbonyl (C=O) groups is 1. The van der Waals surface area contributed by atoms with Crippen LogP contribution in [0.5, 0.6) is 11.5 Å². The van der Waals surface area contributed by atoms with Gasteiger partial charge in [0.25, 0.3) is 0 Å². The lowest BCUT2D eigenvalue weighted by Gasteiger charge is -2.14. The van der Waals surface area contributed by atoms with E-state index in [1.54, 1.807) is 43.3 Å². The fraction of sp³-hybridized carbons (Fsp3) is 0.316. The molecule has 2 aromatic carbocycles. The summed E-state index contributed by atoms with van der Waals surface area (Å²) in [4.78, 5) is 11.7. The van der Waals surface area contributed by atoms with Crippen molar-refractivity contribution in [2.24, 2.45) is 0 Å². The highest BCUT2D eigenvalue weighted by Gasteiger charge is 2.27. The number of ether oxygens (including phenoxy) is 2. The van der Waals surface area contributed by atoms with Crippen LogP contribution in [-0.2, 0) is 21.7 Å². The summed E-state index contributed by atoms with van der Waals surface area (Å²) in [7, 11) is 0. The van der Waals surface area contributed by atoms with E-state index in [-0.39, 0.29) is 30.5 Å². The van der Waals surface area contributed by atoms with Crippen LogP contribution >= 0.6 is 23.4 Å². The van der Waals surface area contributed by atoms with Crippen LogP contribution in [0.4, 0.5) is 18.9 Å². The van der Waals surface area contributed by atoms with Crippen molar-refractivity contribution in [1.82, 2.24) is 0 Å². The first kappa shape index (κ1) is 22.2. The van der Waals surface area contributed by atoms with Crippen molar-refractivity contribution in [3.8, 4) is 11.5 Å². The number of hydrogen-bond acceptors (Lipinski definition) is 5. The molecule has 2 rings (SSSR count). The van der Waals surface area contributed by atoms with Crippen molar-refractivity contribution >= 4 is 35.0 Å². The van der Waals surface area contributed by atoms with Crippen LogP contribution in [0, 0.1) is 0 Å². The molecule has 0 radical (unpaired) electrons. The SMILES string of the molecule is CCOC(=O)Cc1ccc(Cl)c(Oc2ccc(N)cc2CSCC(F)(F)F)c1. The molecular weight excluding hydrogens is 415 g/mol. The predicted molar refractivity (Wildman–Crippen MR) is 105 cm³/mol. The lowest BCUT2D eigenvalue weighted by atomic mass is 10.1. The molecule has 0 saturated heterocycles. The Labute approximate surface area is 170 Å². The van der Waals surface area contributed by atoms with Crippen LogP contribution in [0.2, 0.25) is 5.02 Å². The zero-order valence-corrected chi connectivity index (χ0v) is 16.6. The molecular formula is C19H19ClF3NO3S. The second-order valence-corrected chi connectivity index (χ2v) is 7.22. The molecule has 0 unspecified atom stereocenters. The van der Waals surface area contributed by atoms with E-state index < -0.39 is 11.9 Å². The number of rotatable bonds is 8. The van der Waals surface area contributed by atoms with Gasteiger partial charge >= 0.3 is 12.1 Å². The first-order valence-corrected chi connectivity index (χ1v) is 9.86. The van der Waals surface area contributed by atoms with E-state index >= 15 is 0 Å². The molecule has 0 amide bonds. The fourth-order valence-corrected chi connectivity index (χ4v) is 3.26. The van der Waals surface area contributed by atoms with Crippen LogP contribution in [0.3, 0.4) is 0 Å². The molecule has 4 nitrogen and oxygen atoms in total. The highest BCUT2D eigenvalue weighted by Crippen LogP contribution is 2.35. The minimum Gasteiger partial charge on any atom is -0.466 e. The van der Waals surface area contributed by atoms with Crippen LogP contribution in [-0.4, -0.2) is 24.5 Å². The van der Waals surface area contributed by atoms with Crippen molar-refractivity contribution in [3.63, 3.8) is 0 Å². The molecule has 0 aliphatic carbocycles. The largest absolute Gasteiger partial charge is 0.466 e. The molecule has 0 aromatic heterocycles. The first-order valence-electron chi connectivity index (χ1n) is 8.32. The van der Waals surface area contributed by atoms with Gasteiger partial charge in [0.1, 0.15) is 11.5 Å². The molecule has 9 heteroatoms. The zero-order chi connectivity index (χ0) is 20.7. The van der Waals surface area contributed by atoms with Gasteiger partial charge in [-0.15, -0.1) is 11.8 Å². The maximum atomic E-state index is 12.4. The molecule has 2 N–H and O–H groups in total. The first-order chi connectivity index (χ1) is 13.2. The van der Waals surface area contributed by atoms with E-state index in [2.05, 4.69) is 0 Å². The monoisotopic (exact) mass is 433 g/mol. The second-order valence-electron chi connectivity index (χ2n) is 5.82. The standard InChI is InChI=1S/C19H19ClF3NO3S/c1-2-26-18(25)8-12-3-5-15(20)17(7-12)27-16-6-4-14(24)9-13(16)10-28-11-19(21,22)23/h3-7,9H,2,8,10-11,24H2,1H3. The van der Waals surface area contributed by atoms with Crippen molar-refractivity contribution in [1.29, 1.82) is 0 Å². The molecule has 152 valence electrons. The lowest BCUT2D eigenvalue weighted by Crippen LogP contribution is -2.11. The molecule has 0 aliphatic heterocycles. The van der Waals surface area contributed by atoms with E-state index in [0.29, 0.717) is 39.3 Å². The topological polar surface area (TPSA) is 61.5 Å². The van der Waals surface area contributed by atoms with E-state index in [9.17, 15) is 18.0 Å². The number of hydrogen-bond donors (Lipinski definition) is 1. The van der Waals surface area contributed by atoms with Crippen molar-refractivity contribution in [2.45, 2.75) is 25.3 Å². The highest BCUT2D eigenvalue weighted by atomic mass is 35.5. The van der Waals surface area contributed by atoms with Gasteiger partial charge in [-0.05, 0) is 42.8 Å². The summed E-state index contributed by atoms with van der Waals surface area (Å²) in [5, 5.41) is 0.304. The molecule has 28 heavy (non-hydrogen) atoms. The number of alkyl halides is 3. The Morgan fingerprint density at radius 2 is 1.93 bits per heavy atom. The normalized spacial score (nSPS) is 11.3. The van der Waals surface area contributed by atoms with Crippen LogP contribution in [0.25, 0.3) is 0 Å². The third-order valence-corrected chi connectivity index (χ3v) is 4.84. The minimum absolute atomic E-state index is 0.0530. The highest BCUT2D eigenvalue weighted by molar-refractivity contribution is 7.98. The number of benzene rings is 2. The van der Waals surface area contributed by atoms with Crippen molar-refractivity contribution < 1.29 is 27.4 Å². The van der Waals surface area contributed by atoms with E-state index in [0.717, 1.165) is 0 Å². The Morgan fingerprint density at radius 1 is 1.18 bits per heavy atom. The van der Waals surface area contributed by atoms with Crippen LogP contribution < -0.4 is 10.5 Å². The maximum Gasteiger partial charge on any atom is 0.397 e. The van der Waals surface area contributed by atoms with Crippen LogP contribution in [0.15, 0.2) is 36.4 Å². The summed E-state index contributed by atoms with van der Waals surface area (Å²) in [6, 6.07) is 9.59. The molecule has 0 fully saturated rings. The van der Waals surface area contributed by atoms with Gasteiger partial charge in [0.2, 0.25) is 0 Å². The van der Waals surface area contributed by atoms with Gasteiger partial charge in [0, 0.05) is 17.0 Å². The molecule has 0 saturated carbocycles. The molecule has 2 aromatic rings. The van der Waals surface area contributed by atoms with E-state index in [4.69, 9.17) is 26.8 Å². The Balaban J connectivity index is 2.19. The number of nitrogens with two attached hydrogens (primary N) is 1. The van der Waals surface area contributed by atoms with Gasteiger partial charge in [-0.3, -0.25) is 4.79 Å². The molecule has 0 atom stereocenters. The van der Waals surface area contributed by atoms with Gasteiger partial charge in [-0.2, -0.15) is 13.2 Å². The van der Waals surface area contributed by atoms with Gasteiger partial charge < -0.3 is 15.2 Å². The second kappa shape index (κ2) is 9.93. The Morgan fingerprint density at radius 3 is 2.61 bits per heavy atom. The average molecular weight is 434 g/mol. The van der Waals surface area contributed by atoms with Gasteiger partial charge in [-0.1, -0.05) is 17.7 Å². The Hall–Kier alpha value is -2.06. The minimum atomic E-state index is -4.25. The van der Waals surface area contributed by atoms with Gasteiger partial charge in [0.15, 0.2) is 0 Å². The van der Waals surface area contributed by atoms with Gasteiger partial charge in [-0.25, -0.2) is 0 Å². The summed E-state index contributed by atoms with van der Waals surface area (Å²) in [5.41, 5.74) is 7.32. The number of nitrogen functional groups attached to an aromatic ring is 1. The summed E-state index contributed by atoms with van der Waals surface area (Å²) < 4.78 is 48.0. The quantitative estimate of drug-likeness (QED) is 0.432. The Kier molecular flexibility index (Phi) is 7.88. The summed E-state index contributed by atoms with van der Waals surface area (Å²) >= 11 is 6.89. The maximum absolute atomic E-state index is 12.4. The number of carbonyl (C=O) groups excluding carboxylic acids is 1. The predicted octanol–water partition coefficient (Wildman–Crippen LogP) is 5.62. The number of anilines is 1. The van der Waals surface area contributed by atoms with E-state index in [1.807, 2.05) is 0 Å². The average Bonchev–Trinajstić information content (AvgIpc) is 2.59. The van der Waals surface area contributed by atoms with Crippen molar-refractivity contribution in [3.05, 3.63) is 52.5 Å². The molecule has 0 bridgehead atoms. The molecule has 0 spiro atoms. The summed E-state index contributed by atoms with van der Waals surface area (Å²) in [6.45, 7) is 1.99. The van der Waals surface area contributed by atoms with Crippen LogP contribution in [0.1, 0.15) is 18.1 Å². The smallest absolute Gasteiger partial charge is 0.397 e. The molecule has 0 aliphatic rings. The fourth-order valence-electron chi connectivity index (χ4n) is 2.32. The van der Waals surface area contributed by atoms with Gasteiger partial charge in [0.05, 0.1) is 23.8 Å². The summed E-state index contributed by atoms with van der Waals surface area (Å²) in [6.07, 6.45) is -4.20. The Bertz CT molecular complexity index is 831. The number of esters is 1. The number of thioether (sulfide) groups is 1. The third-order valence-electron chi connectivity index (χ3n) is 3.48.